The molecule has 1 aromatic carbocycles. The molecule has 8 heteroatoms. The molecule has 7 nitrogen and oxygen atoms in total. The number of β-amino-alcohol motifs (C(OH)–C–C–N with tert-alkyl or cyclic N) is 1. The molecule has 0 bridgehead atoms. The first kappa shape index (κ1) is 14.7. The fourth-order valence-electron chi connectivity index (χ4n) is 2.95. The Morgan fingerprint density at radius 1 is 1.48 bits per heavy atom. The number of phenolic OH excluding ortho intramolecular Hbond substituents is 1. The highest BCUT2D eigenvalue weighted by atomic mass is 79.9. The maximum absolute atomic E-state index is 12.2. The van der Waals surface area contributed by atoms with Gasteiger partial charge < -0.3 is 19.6 Å². The van der Waals surface area contributed by atoms with Gasteiger partial charge in [0.2, 0.25) is 5.58 Å². The van der Waals surface area contributed by atoms with Crippen molar-refractivity contribution in [3.05, 3.63) is 32.8 Å². The summed E-state index contributed by atoms with van der Waals surface area (Å²) in [6.07, 6.45) is 0.409. The van der Waals surface area contributed by atoms with E-state index in [2.05, 4.69) is 25.9 Å². The average Bonchev–Trinajstić information content (AvgIpc) is 3.04. The molecule has 0 aliphatic carbocycles. The predicted molar refractivity (Wildman–Crippen MR) is 87.4 cm³/mol. The third kappa shape index (κ3) is 2.52. The molecule has 0 amide bonds. The van der Waals surface area contributed by atoms with Crippen molar-refractivity contribution in [3.8, 4) is 5.75 Å². The molecule has 1 aliphatic heterocycles. The van der Waals surface area contributed by atoms with Crippen LogP contribution >= 0.6 is 15.9 Å². The number of fused-ring (bicyclic) bond motifs is 3. The molecule has 1 saturated heterocycles. The van der Waals surface area contributed by atoms with E-state index in [0.29, 0.717) is 39.9 Å². The lowest BCUT2D eigenvalue weighted by Crippen LogP contribution is -2.24. The smallest absolute Gasteiger partial charge is 0.294 e. The Bertz CT molecular complexity index is 965. The zero-order chi connectivity index (χ0) is 16.1. The van der Waals surface area contributed by atoms with Crippen molar-refractivity contribution < 1.29 is 14.6 Å². The highest BCUT2D eigenvalue weighted by Crippen LogP contribution is 2.33. The third-order valence-electron chi connectivity index (χ3n) is 4.06. The van der Waals surface area contributed by atoms with Crippen LogP contribution in [-0.4, -0.2) is 44.3 Å². The molecule has 0 spiro atoms. The van der Waals surface area contributed by atoms with Crippen molar-refractivity contribution in [1.29, 1.82) is 0 Å². The number of phenols is 1. The van der Waals surface area contributed by atoms with E-state index in [1.807, 2.05) is 4.90 Å². The SMILES string of the molecule is O=c1[nH]c(CN2CC[C@H](O)C2)nc2c1oc1cc(O)c(Br)cc12. The number of likely N-dealkylation sites (tertiary alicyclic amines) is 1. The van der Waals surface area contributed by atoms with Gasteiger partial charge in [0.1, 0.15) is 22.7 Å². The van der Waals surface area contributed by atoms with E-state index in [1.54, 1.807) is 6.07 Å². The van der Waals surface area contributed by atoms with Crippen LogP contribution in [0.2, 0.25) is 0 Å². The summed E-state index contributed by atoms with van der Waals surface area (Å²) in [4.78, 5) is 21.5. The molecule has 1 atom stereocenters. The highest BCUT2D eigenvalue weighted by molar-refractivity contribution is 9.10. The minimum Gasteiger partial charge on any atom is -0.507 e. The van der Waals surface area contributed by atoms with Crippen LogP contribution in [0, 0.1) is 0 Å². The Morgan fingerprint density at radius 3 is 3.04 bits per heavy atom. The van der Waals surface area contributed by atoms with Gasteiger partial charge in [-0.1, -0.05) is 0 Å². The molecule has 1 aliphatic rings. The molecule has 3 N–H and O–H groups in total. The zero-order valence-electron chi connectivity index (χ0n) is 12.0. The van der Waals surface area contributed by atoms with Gasteiger partial charge in [0, 0.05) is 24.5 Å². The van der Waals surface area contributed by atoms with Gasteiger partial charge in [-0.25, -0.2) is 4.98 Å². The molecule has 120 valence electrons. The lowest BCUT2D eigenvalue weighted by molar-refractivity contribution is 0.174. The van der Waals surface area contributed by atoms with Crippen LogP contribution in [0.15, 0.2) is 25.8 Å². The topological polar surface area (TPSA) is 103 Å². The lowest BCUT2D eigenvalue weighted by Gasteiger charge is -2.13. The van der Waals surface area contributed by atoms with E-state index >= 15 is 0 Å². The molecule has 4 rings (SSSR count). The van der Waals surface area contributed by atoms with Crippen LogP contribution in [-0.2, 0) is 6.54 Å². The Kier molecular flexibility index (Phi) is 3.40. The number of aromatic hydroxyl groups is 1. The normalized spacial score (nSPS) is 19.1. The largest absolute Gasteiger partial charge is 0.507 e. The van der Waals surface area contributed by atoms with Crippen LogP contribution in [0.1, 0.15) is 12.2 Å². The van der Waals surface area contributed by atoms with Gasteiger partial charge in [-0.2, -0.15) is 0 Å². The number of halogens is 1. The first-order valence-corrected chi connectivity index (χ1v) is 8.05. The van der Waals surface area contributed by atoms with Crippen LogP contribution in [0.3, 0.4) is 0 Å². The summed E-state index contributed by atoms with van der Waals surface area (Å²) < 4.78 is 6.03. The maximum atomic E-state index is 12.2. The lowest BCUT2D eigenvalue weighted by atomic mass is 10.2. The second-order valence-electron chi connectivity index (χ2n) is 5.77. The number of furan rings is 1. The maximum Gasteiger partial charge on any atom is 0.294 e. The predicted octanol–water partition coefficient (Wildman–Crippen LogP) is 1.70. The molecule has 0 saturated carbocycles. The molecule has 23 heavy (non-hydrogen) atoms. The Balaban J connectivity index is 1.83. The number of aromatic amines is 1. The van der Waals surface area contributed by atoms with Crippen LogP contribution in [0.5, 0.6) is 5.75 Å². The van der Waals surface area contributed by atoms with Crippen LogP contribution in [0.25, 0.3) is 22.1 Å². The number of nitrogens with zero attached hydrogens (tertiary/aromatic N) is 2. The van der Waals surface area contributed by atoms with E-state index in [4.69, 9.17) is 4.42 Å². The number of H-pyrrole nitrogens is 1. The second kappa shape index (κ2) is 5.33. The van der Waals surface area contributed by atoms with Gasteiger partial charge >= 0.3 is 0 Å². The zero-order valence-corrected chi connectivity index (χ0v) is 13.6. The van der Waals surface area contributed by atoms with E-state index < -0.39 is 0 Å². The quantitative estimate of drug-likeness (QED) is 0.626. The van der Waals surface area contributed by atoms with Gasteiger partial charge in [-0.05, 0) is 28.4 Å². The summed E-state index contributed by atoms with van der Waals surface area (Å²) >= 11 is 3.26. The van der Waals surface area contributed by atoms with Crippen molar-refractivity contribution >= 4 is 38.0 Å². The van der Waals surface area contributed by atoms with E-state index in [-0.39, 0.29) is 23.0 Å². The number of rotatable bonds is 2. The summed E-state index contributed by atoms with van der Waals surface area (Å²) in [7, 11) is 0. The summed E-state index contributed by atoms with van der Waals surface area (Å²) in [5.74, 6) is 0.572. The van der Waals surface area contributed by atoms with Gasteiger partial charge in [0.05, 0.1) is 17.1 Å². The van der Waals surface area contributed by atoms with E-state index in [1.165, 1.54) is 6.07 Å². The summed E-state index contributed by atoms with van der Waals surface area (Å²) in [5.41, 5.74) is 0.672. The standard InChI is InChI=1S/C15H14BrN3O4/c16-9-3-8-11(4-10(9)21)23-14-13(8)17-12(18-15(14)22)6-19-2-1-7(20)5-19/h3-4,7,20-21H,1-2,5-6H2,(H,17,18,22)/t7-/m0/s1. The Morgan fingerprint density at radius 2 is 2.30 bits per heavy atom. The summed E-state index contributed by atoms with van der Waals surface area (Å²) in [5, 5.41) is 20.0. The number of hydrogen-bond donors (Lipinski definition) is 3. The molecular formula is C15H14BrN3O4. The molecule has 1 fully saturated rings. The van der Waals surface area contributed by atoms with Gasteiger partial charge in [0.25, 0.3) is 5.56 Å². The van der Waals surface area contributed by atoms with Crippen molar-refractivity contribution in [1.82, 2.24) is 14.9 Å². The Hall–Kier alpha value is -1.90. The molecule has 0 unspecified atom stereocenters. The molecule has 0 radical (unpaired) electrons. The van der Waals surface area contributed by atoms with E-state index in [0.717, 1.165) is 13.0 Å². The molecule has 3 aromatic rings. The summed E-state index contributed by atoms with van der Waals surface area (Å²) in [6, 6.07) is 3.14. The van der Waals surface area contributed by atoms with Gasteiger partial charge in [-0.15, -0.1) is 0 Å². The number of aromatic nitrogens is 2. The number of benzene rings is 1. The van der Waals surface area contributed by atoms with E-state index in [9.17, 15) is 15.0 Å². The van der Waals surface area contributed by atoms with Crippen molar-refractivity contribution in [2.24, 2.45) is 0 Å². The highest BCUT2D eigenvalue weighted by Gasteiger charge is 2.22. The third-order valence-corrected chi connectivity index (χ3v) is 4.70. The first-order chi connectivity index (χ1) is 11.0. The van der Waals surface area contributed by atoms with Crippen LogP contribution < -0.4 is 5.56 Å². The van der Waals surface area contributed by atoms with Crippen molar-refractivity contribution in [3.63, 3.8) is 0 Å². The summed E-state index contributed by atoms with van der Waals surface area (Å²) in [6.45, 7) is 1.82. The fourth-order valence-corrected chi connectivity index (χ4v) is 3.29. The minimum absolute atomic E-state index is 0.0410. The Labute approximate surface area is 138 Å². The number of nitrogens with one attached hydrogen (secondary N) is 1. The number of aliphatic hydroxyl groups is 1. The van der Waals surface area contributed by atoms with Crippen molar-refractivity contribution in [2.45, 2.75) is 19.1 Å². The first-order valence-electron chi connectivity index (χ1n) is 7.25. The van der Waals surface area contributed by atoms with Gasteiger partial charge in [-0.3, -0.25) is 9.69 Å². The van der Waals surface area contributed by atoms with Crippen LogP contribution in [0.4, 0.5) is 0 Å². The molecule has 3 heterocycles. The number of aliphatic hydroxyl groups excluding tert-OH is 1. The number of hydrogen-bond acceptors (Lipinski definition) is 6. The molecule has 2 aromatic heterocycles. The molecular weight excluding hydrogens is 366 g/mol. The average molecular weight is 380 g/mol. The second-order valence-corrected chi connectivity index (χ2v) is 6.62. The van der Waals surface area contributed by atoms with Crippen molar-refractivity contribution in [2.75, 3.05) is 13.1 Å². The monoisotopic (exact) mass is 379 g/mol. The minimum atomic E-state index is -0.350. The fraction of sp³-hybridized carbons (Fsp3) is 0.333. The van der Waals surface area contributed by atoms with Gasteiger partial charge in [0.15, 0.2) is 0 Å².